The van der Waals surface area contributed by atoms with E-state index in [1.54, 1.807) is 0 Å². The van der Waals surface area contributed by atoms with E-state index in [1.807, 2.05) is 0 Å². The van der Waals surface area contributed by atoms with Crippen LogP contribution in [0.5, 0.6) is 0 Å². The molecular weight excluding hydrogens is 343 g/mol. The van der Waals surface area contributed by atoms with Gasteiger partial charge in [0.05, 0.1) is 0 Å². The third-order valence-corrected chi connectivity index (χ3v) is 3.52. The van der Waals surface area contributed by atoms with Crippen LogP contribution in [0.1, 0.15) is 11.1 Å². The van der Waals surface area contributed by atoms with Gasteiger partial charge in [-0.25, -0.2) is 0 Å². The van der Waals surface area contributed by atoms with Crippen molar-refractivity contribution in [3.05, 3.63) is 83.9 Å². The molecule has 0 saturated heterocycles. The Morgan fingerprint density at radius 1 is 0.682 bits per heavy atom. The molecule has 108 valence electrons. The second-order valence-electron chi connectivity index (χ2n) is 5.32. The zero-order chi connectivity index (χ0) is 15.9. The van der Waals surface area contributed by atoms with Crippen molar-refractivity contribution in [2.24, 2.45) is 0 Å². The molecule has 22 heavy (non-hydrogen) atoms. The first kappa shape index (κ1) is 16.8. The van der Waals surface area contributed by atoms with E-state index < -0.39 is 0 Å². The Bertz CT molecular complexity index is 710. The quantitative estimate of drug-likeness (QED) is 0.352. The molecule has 0 aliphatic carbocycles. The van der Waals surface area contributed by atoms with E-state index in [-0.39, 0.29) is 0 Å². The van der Waals surface area contributed by atoms with Gasteiger partial charge in [-0.2, -0.15) is 12.1 Å². The van der Waals surface area contributed by atoms with Crippen molar-refractivity contribution in [3.63, 3.8) is 0 Å². The Morgan fingerprint density at radius 2 is 1.05 bits per heavy atom. The van der Waals surface area contributed by atoms with Crippen LogP contribution in [-0.4, -0.2) is 4.21 Å². The monoisotopic (exact) mass is 362 g/mol. The third-order valence-electron chi connectivity index (χ3n) is 3.52. The number of benzene rings is 2. The topological polar surface area (TPSA) is 0 Å². The van der Waals surface area contributed by atoms with Crippen LogP contribution >= 0.6 is 0 Å². The number of fused-ring (bicyclic) bond motifs is 2. The average Bonchev–Trinajstić information content (AvgIpc) is 3.10. The molecule has 4 aromatic carbocycles. The van der Waals surface area contributed by atoms with Gasteiger partial charge in [-0.1, -0.05) is 26.0 Å². The van der Waals surface area contributed by atoms with Crippen molar-refractivity contribution >= 4 is 25.8 Å². The average molecular weight is 364 g/mol. The zero-order valence-corrected chi connectivity index (χ0v) is 15.6. The van der Waals surface area contributed by atoms with Gasteiger partial charge in [-0.05, 0) is 0 Å². The summed E-state index contributed by atoms with van der Waals surface area (Å²) in [6.45, 7) is 4.25. The molecule has 0 N–H and O–H groups in total. The van der Waals surface area contributed by atoms with E-state index in [4.69, 9.17) is 0 Å². The van der Waals surface area contributed by atoms with Crippen molar-refractivity contribution in [2.45, 2.75) is 13.8 Å². The van der Waals surface area contributed by atoms with Gasteiger partial charge < -0.3 is 0 Å². The van der Waals surface area contributed by atoms with E-state index in [1.165, 1.54) is 56.9 Å². The summed E-state index contributed by atoms with van der Waals surface area (Å²) in [7, 11) is 0. The number of hydrogen-bond donors (Lipinski definition) is 0. The fourth-order valence-electron chi connectivity index (χ4n) is 2.61. The molecule has 0 amide bonds. The molecule has 0 spiro atoms. The van der Waals surface area contributed by atoms with E-state index in [0.717, 1.165) is 0 Å². The van der Waals surface area contributed by atoms with Crippen LogP contribution in [0.3, 0.4) is 0 Å². The van der Waals surface area contributed by atoms with Gasteiger partial charge >= 0.3 is 28.4 Å². The van der Waals surface area contributed by atoms with Crippen LogP contribution in [0, 0.1) is 13.8 Å². The minimum atomic E-state index is 1.30. The fraction of sp³-hybridized carbons (Fsp3) is 0.0952. The van der Waals surface area contributed by atoms with Gasteiger partial charge in [0.25, 0.3) is 0 Å². The van der Waals surface area contributed by atoms with E-state index in [0.29, 0.717) is 0 Å². The molecule has 0 saturated carbocycles. The molecule has 0 nitrogen and oxygen atoms in total. The van der Waals surface area contributed by atoms with Crippen LogP contribution in [-0.2, 0) is 24.2 Å². The van der Waals surface area contributed by atoms with Gasteiger partial charge in [0.1, 0.15) is 0 Å². The first-order valence-electron chi connectivity index (χ1n) is 7.32. The van der Waals surface area contributed by atoms with E-state index >= 15 is 0 Å². The molecule has 0 aliphatic heterocycles. The summed E-state index contributed by atoms with van der Waals surface area (Å²) in [5.74, 6) is 0. The molecule has 0 atom stereocenters. The van der Waals surface area contributed by atoms with Crippen LogP contribution in [0.2, 0.25) is 0 Å². The van der Waals surface area contributed by atoms with Gasteiger partial charge in [-0.15, -0.1) is 81.2 Å². The molecule has 1 heteroatoms. The summed E-state index contributed by atoms with van der Waals surface area (Å²) < 4.78 is 3.34. The zero-order valence-electron chi connectivity index (χ0n) is 13.1. The molecule has 0 aliphatic rings. The Morgan fingerprint density at radius 3 is 1.41 bits per heavy atom. The summed E-state index contributed by atoms with van der Waals surface area (Å²) in [5.41, 5.74) is 2.70. The summed E-state index contributed by atoms with van der Waals surface area (Å²) in [6, 6.07) is 25.7. The maximum atomic E-state index is 3.34. The minimum absolute atomic E-state index is 1.30. The first-order valence-corrected chi connectivity index (χ1v) is 9.06. The molecule has 0 aromatic heterocycles. The van der Waals surface area contributed by atoms with Crippen LogP contribution < -0.4 is 0 Å². The first-order chi connectivity index (χ1) is 10.7. The SMILES string of the molecule is Cc1cc2ccccc2[cH-]1.Cc1cc2ccccc2[cH-]1.[CH2]=[Zr+2]. The van der Waals surface area contributed by atoms with Gasteiger partial charge in [0, 0.05) is 0 Å². The number of rotatable bonds is 0. The van der Waals surface area contributed by atoms with Gasteiger partial charge in [0.15, 0.2) is 0 Å². The second kappa shape index (κ2) is 8.15. The molecule has 0 bridgehead atoms. The molecule has 4 aromatic rings. The van der Waals surface area contributed by atoms with Gasteiger partial charge in [-0.3, -0.25) is 0 Å². The molecule has 0 heterocycles. The number of hydrogen-bond acceptors (Lipinski definition) is 0. The standard InChI is InChI=1S/2C10H9.CH2.Zr/c2*1-8-6-9-4-2-3-5-10(9)7-8;;/h2*2-7H,1H3;1H2;/q2*-1;;+2. The van der Waals surface area contributed by atoms with Crippen molar-refractivity contribution in [1.82, 2.24) is 0 Å². The summed E-state index contributed by atoms with van der Waals surface area (Å²) in [4.78, 5) is 0. The second-order valence-corrected chi connectivity index (χ2v) is 5.32. The molecule has 4 rings (SSSR count). The molecule has 0 fully saturated rings. The van der Waals surface area contributed by atoms with Crippen molar-refractivity contribution in [1.29, 1.82) is 0 Å². The Balaban J connectivity index is 0.000000144. The summed E-state index contributed by atoms with van der Waals surface area (Å²) in [5, 5.41) is 5.39. The Hall–Kier alpha value is -1.59. The number of aryl methyl sites for hydroxylation is 2. The maximum absolute atomic E-state index is 3.34. The van der Waals surface area contributed by atoms with E-state index in [2.05, 4.69) is 90.9 Å². The predicted octanol–water partition coefficient (Wildman–Crippen LogP) is 5.70. The predicted molar refractivity (Wildman–Crippen MR) is 95.7 cm³/mol. The summed E-state index contributed by atoms with van der Waals surface area (Å²) in [6.07, 6.45) is 0. The van der Waals surface area contributed by atoms with Crippen LogP contribution in [0.15, 0.2) is 72.8 Å². The van der Waals surface area contributed by atoms with E-state index in [9.17, 15) is 0 Å². The Kier molecular flexibility index (Phi) is 6.22. The molecule has 0 radical (unpaired) electrons. The molecular formula is C21H20Zr. The third kappa shape index (κ3) is 4.21. The van der Waals surface area contributed by atoms with Gasteiger partial charge in [0.2, 0.25) is 0 Å². The van der Waals surface area contributed by atoms with Crippen LogP contribution in [0.4, 0.5) is 0 Å². The normalized spacial score (nSPS) is 9.82. The molecule has 0 unspecified atom stereocenters. The fourth-order valence-corrected chi connectivity index (χ4v) is 2.61. The van der Waals surface area contributed by atoms with Crippen molar-refractivity contribution in [2.75, 3.05) is 0 Å². The van der Waals surface area contributed by atoms with Crippen LogP contribution in [0.25, 0.3) is 21.5 Å². The Labute approximate surface area is 147 Å². The van der Waals surface area contributed by atoms with Crippen molar-refractivity contribution < 1.29 is 24.2 Å². The summed E-state index contributed by atoms with van der Waals surface area (Å²) >= 11 is 1.30. The van der Waals surface area contributed by atoms with Crippen molar-refractivity contribution in [3.8, 4) is 0 Å².